The van der Waals surface area contributed by atoms with Crippen molar-refractivity contribution in [1.29, 1.82) is 0 Å². The topological polar surface area (TPSA) is 66.5 Å². The highest BCUT2D eigenvalue weighted by Crippen LogP contribution is 2.29. The molecule has 0 spiro atoms. The number of nitrogens with zero attached hydrogens (tertiary/aromatic N) is 1. The fourth-order valence-corrected chi connectivity index (χ4v) is 5.49. The summed E-state index contributed by atoms with van der Waals surface area (Å²) in [6.07, 6.45) is 1.67. The maximum atomic E-state index is 12.8. The van der Waals surface area contributed by atoms with Gasteiger partial charge in [-0.3, -0.25) is 4.79 Å². The van der Waals surface area contributed by atoms with Crippen LogP contribution in [0.3, 0.4) is 0 Å². The lowest BCUT2D eigenvalue weighted by molar-refractivity contribution is 0.102. The molecule has 1 aliphatic heterocycles. The molecule has 0 aromatic heterocycles. The van der Waals surface area contributed by atoms with Gasteiger partial charge in [0.15, 0.2) is 0 Å². The van der Waals surface area contributed by atoms with Crippen molar-refractivity contribution in [3.8, 4) is 0 Å². The molecule has 27 heavy (non-hydrogen) atoms. The maximum Gasteiger partial charge on any atom is 0.255 e. The second-order valence-corrected chi connectivity index (χ2v) is 9.30. The Balaban J connectivity index is 1.93. The summed E-state index contributed by atoms with van der Waals surface area (Å²) < 4.78 is 27.1. The molecule has 3 rings (SSSR count). The number of rotatable bonds is 4. The lowest BCUT2D eigenvalue weighted by Crippen LogP contribution is -2.28. The Morgan fingerprint density at radius 1 is 1.04 bits per heavy atom. The van der Waals surface area contributed by atoms with E-state index in [9.17, 15) is 13.2 Å². The minimum absolute atomic E-state index is 0.0175. The third-order valence-electron chi connectivity index (χ3n) is 4.79. The molecule has 1 amide bonds. The molecule has 1 aliphatic rings. The summed E-state index contributed by atoms with van der Waals surface area (Å²) in [7, 11) is -3.70. The van der Waals surface area contributed by atoms with E-state index in [-0.39, 0.29) is 21.4 Å². The number of anilines is 1. The van der Waals surface area contributed by atoms with E-state index in [0.29, 0.717) is 13.1 Å². The first-order valence-electron chi connectivity index (χ1n) is 8.89. The number of sulfonamides is 1. The molecule has 1 heterocycles. The molecule has 0 aliphatic carbocycles. The molecule has 2 aromatic carbocycles. The van der Waals surface area contributed by atoms with Crippen molar-refractivity contribution in [3.63, 3.8) is 0 Å². The van der Waals surface area contributed by atoms with Crippen molar-refractivity contribution < 1.29 is 13.2 Å². The predicted molar refractivity (Wildman–Crippen MR) is 108 cm³/mol. The molecule has 0 radical (unpaired) electrons. The smallest absolute Gasteiger partial charge is 0.255 e. The van der Waals surface area contributed by atoms with Crippen LogP contribution in [0.15, 0.2) is 35.2 Å². The maximum absolute atomic E-state index is 12.8. The van der Waals surface area contributed by atoms with Gasteiger partial charge in [0.2, 0.25) is 10.0 Å². The first-order chi connectivity index (χ1) is 12.7. The summed E-state index contributed by atoms with van der Waals surface area (Å²) in [5, 5.41) is 3.03. The Morgan fingerprint density at radius 3 is 2.22 bits per heavy atom. The summed E-state index contributed by atoms with van der Waals surface area (Å²) in [6, 6.07) is 8.36. The minimum Gasteiger partial charge on any atom is -0.322 e. The molecule has 1 N–H and O–H groups in total. The van der Waals surface area contributed by atoms with E-state index in [4.69, 9.17) is 11.6 Å². The van der Waals surface area contributed by atoms with Crippen LogP contribution in [0.4, 0.5) is 5.69 Å². The number of carbonyl (C=O) groups excluding carboxylic acids is 1. The van der Waals surface area contributed by atoms with Crippen LogP contribution in [-0.2, 0) is 10.0 Å². The summed E-state index contributed by atoms with van der Waals surface area (Å²) in [6.45, 7) is 6.83. The van der Waals surface area contributed by atoms with E-state index in [1.54, 1.807) is 6.07 Å². The molecule has 7 heteroatoms. The van der Waals surface area contributed by atoms with Crippen LogP contribution in [0, 0.1) is 20.8 Å². The summed E-state index contributed by atoms with van der Waals surface area (Å²) in [5.41, 5.74) is 4.04. The van der Waals surface area contributed by atoms with Gasteiger partial charge < -0.3 is 5.32 Å². The zero-order valence-electron chi connectivity index (χ0n) is 15.7. The quantitative estimate of drug-likeness (QED) is 0.822. The van der Waals surface area contributed by atoms with Crippen LogP contribution in [0.1, 0.15) is 39.9 Å². The number of benzene rings is 2. The number of nitrogens with one attached hydrogen (secondary N) is 1. The number of amides is 1. The molecule has 144 valence electrons. The van der Waals surface area contributed by atoms with Gasteiger partial charge in [0.1, 0.15) is 4.90 Å². The molecule has 0 bridgehead atoms. The molecule has 1 saturated heterocycles. The van der Waals surface area contributed by atoms with Crippen LogP contribution in [-0.4, -0.2) is 31.7 Å². The highest BCUT2D eigenvalue weighted by molar-refractivity contribution is 7.89. The van der Waals surface area contributed by atoms with Crippen LogP contribution >= 0.6 is 11.6 Å². The number of hydrogen-bond donors (Lipinski definition) is 1. The molecule has 0 saturated carbocycles. The number of carbonyl (C=O) groups is 1. The summed E-state index contributed by atoms with van der Waals surface area (Å²) in [4.78, 5) is 12.7. The number of hydrogen-bond acceptors (Lipinski definition) is 3. The van der Waals surface area contributed by atoms with Crippen molar-refractivity contribution in [2.75, 3.05) is 18.4 Å². The third kappa shape index (κ3) is 4.03. The Kier molecular flexibility index (Phi) is 5.60. The van der Waals surface area contributed by atoms with Crippen molar-refractivity contribution in [2.45, 2.75) is 38.5 Å². The van der Waals surface area contributed by atoms with Crippen molar-refractivity contribution in [2.24, 2.45) is 0 Å². The highest BCUT2D eigenvalue weighted by atomic mass is 35.5. The fourth-order valence-electron chi connectivity index (χ4n) is 3.47. The summed E-state index contributed by atoms with van der Waals surface area (Å²) >= 11 is 6.15. The molecular formula is C20H23ClN2O3S. The van der Waals surface area contributed by atoms with E-state index in [1.165, 1.54) is 16.4 Å². The van der Waals surface area contributed by atoms with Gasteiger partial charge in [0, 0.05) is 24.3 Å². The molecule has 1 fully saturated rings. The van der Waals surface area contributed by atoms with E-state index >= 15 is 0 Å². The molecule has 0 atom stereocenters. The van der Waals surface area contributed by atoms with E-state index in [1.807, 2.05) is 32.9 Å². The molecule has 5 nitrogen and oxygen atoms in total. The number of aryl methyl sites for hydroxylation is 3. The standard InChI is InChI=1S/C20H23ClN2O3S/c1-13-10-14(2)19(15(3)11-13)22-20(24)16-6-7-17(21)18(12-16)27(25,26)23-8-4-5-9-23/h6-7,10-12H,4-5,8-9H2,1-3H3,(H,22,24). The largest absolute Gasteiger partial charge is 0.322 e. The van der Waals surface area contributed by atoms with Gasteiger partial charge in [-0.15, -0.1) is 0 Å². The van der Waals surface area contributed by atoms with E-state index in [0.717, 1.165) is 35.2 Å². The van der Waals surface area contributed by atoms with Gasteiger partial charge in [-0.25, -0.2) is 8.42 Å². The Labute approximate surface area is 165 Å². The zero-order valence-corrected chi connectivity index (χ0v) is 17.2. The molecule has 0 unspecified atom stereocenters. The van der Waals surface area contributed by atoms with Crippen LogP contribution in [0.2, 0.25) is 5.02 Å². The van der Waals surface area contributed by atoms with Crippen molar-refractivity contribution >= 4 is 33.2 Å². The van der Waals surface area contributed by atoms with Gasteiger partial charge >= 0.3 is 0 Å². The Hall–Kier alpha value is -1.89. The van der Waals surface area contributed by atoms with E-state index < -0.39 is 10.0 Å². The van der Waals surface area contributed by atoms with Crippen LogP contribution < -0.4 is 5.32 Å². The zero-order chi connectivity index (χ0) is 19.8. The Morgan fingerprint density at radius 2 is 1.63 bits per heavy atom. The minimum atomic E-state index is -3.70. The van der Waals surface area contributed by atoms with Gasteiger partial charge in [-0.1, -0.05) is 29.3 Å². The molecule has 2 aromatic rings. The summed E-state index contributed by atoms with van der Waals surface area (Å²) in [5.74, 6) is -0.361. The van der Waals surface area contributed by atoms with Gasteiger partial charge in [-0.2, -0.15) is 4.31 Å². The average Bonchev–Trinajstić information content (AvgIpc) is 3.13. The first kappa shape index (κ1) is 19.9. The number of halogens is 1. The lowest BCUT2D eigenvalue weighted by atomic mass is 10.0. The van der Waals surface area contributed by atoms with Crippen molar-refractivity contribution in [3.05, 3.63) is 57.6 Å². The SMILES string of the molecule is Cc1cc(C)c(NC(=O)c2ccc(Cl)c(S(=O)(=O)N3CCCC3)c2)c(C)c1. The van der Waals surface area contributed by atoms with Gasteiger partial charge in [-0.05, 0) is 62.9 Å². The lowest BCUT2D eigenvalue weighted by Gasteiger charge is -2.17. The molecular weight excluding hydrogens is 384 g/mol. The van der Waals surface area contributed by atoms with Crippen LogP contribution in [0.5, 0.6) is 0 Å². The van der Waals surface area contributed by atoms with E-state index in [2.05, 4.69) is 5.32 Å². The van der Waals surface area contributed by atoms with Gasteiger partial charge in [0.25, 0.3) is 5.91 Å². The average molecular weight is 407 g/mol. The third-order valence-corrected chi connectivity index (χ3v) is 7.17. The second kappa shape index (κ2) is 7.62. The Bertz CT molecular complexity index is 973. The van der Waals surface area contributed by atoms with Crippen LogP contribution in [0.25, 0.3) is 0 Å². The fraction of sp³-hybridized carbons (Fsp3) is 0.350. The second-order valence-electron chi connectivity index (χ2n) is 6.98. The highest BCUT2D eigenvalue weighted by Gasteiger charge is 2.29. The monoisotopic (exact) mass is 406 g/mol. The normalized spacial score (nSPS) is 15.1. The predicted octanol–water partition coefficient (Wildman–Crippen LogP) is 4.30. The van der Waals surface area contributed by atoms with Gasteiger partial charge in [0.05, 0.1) is 5.02 Å². The van der Waals surface area contributed by atoms with Crippen molar-refractivity contribution in [1.82, 2.24) is 4.31 Å². The first-order valence-corrected chi connectivity index (χ1v) is 10.7.